The van der Waals surface area contributed by atoms with Crippen molar-refractivity contribution in [1.29, 1.82) is 0 Å². The number of cyclic esters (lactones) is 1. The maximum atomic E-state index is 13.3. The third-order valence-electron chi connectivity index (χ3n) is 6.45. The van der Waals surface area contributed by atoms with E-state index < -0.39 is 41.0 Å². The van der Waals surface area contributed by atoms with Crippen molar-refractivity contribution < 1.29 is 28.8 Å². The molecule has 0 aliphatic carbocycles. The molecule has 180 valence electrons. The number of esters is 1. The molecule has 35 heavy (non-hydrogen) atoms. The first-order chi connectivity index (χ1) is 16.9. The standard InChI is InChI=1S/C24H20ClN3O7/c25-17-10-11-18-21(27-19(13-35-24(27)31)15-4-2-1-3-5-15)22(29)26(18)20(17)23(30)34-12-14-6-8-16(9-7-14)28(32)33/h1-9,18-19,21H,10-13H2/t18-,19?,21+/m1/s1. The number of allylic oxidation sites excluding steroid dienone is 1. The summed E-state index contributed by atoms with van der Waals surface area (Å²) in [7, 11) is 0. The number of hydrogen-bond donors (Lipinski definition) is 0. The van der Waals surface area contributed by atoms with Crippen LogP contribution in [0.4, 0.5) is 10.5 Å². The third-order valence-corrected chi connectivity index (χ3v) is 6.82. The van der Waals surface area contributed by atoms with Crippen LogP contribution in [0.15, 0.2) is 65.3 Å². The molecule has 2 aromatic carbocycles. The molecule has 0 radical (unpaired) electrons. The Labute approximate surface area is 204 Å². The van der Waals surface area contributed by atoms with Gasteiger partial charge in [0.1, 0.15) is 25.0 Å². The largest absolute Gasteiger partial charge is 0.456 e. The molecule has 1 unspecified atom stereocenters. The Morgan fingerprint density at radius 2 is 1.86 bits per heavy atom. The first-order valence-electron chi connectivity index (χ1n) is 11.0. The molecule has 3 aliphatic heterocycles. The summed E-state index contributed by atoms with van der Waals surface area (Å²) in [6.45, 7) is -0.00473. The Hall–Kier alpha value is -3.92. The van der Waals surface area contributed by atoms with E-state index in [1.54, 1.807) is 0 Å². The van der Waals surface area contributed by atoms with Gasteiger partial charge in [-0.05, 0) is 36.1 Å². The third kappa shape index (κ3) is 3.99. The minimum Gasteiger partial charge on any atom is -0.456 e. The van der Waals surface area contributed by atoms with Gasteiger partial charge in [0.25, 0.3) is 11.6 Å². The van der Waals surface area contributed by atoms with Crippen LogP contribution in [0.1, 0.15) is 30.0 Å². The van der Waals surface area contributed by atoms with Gasteiger partial charge >= 0.3 is 12.1 Å². The Kier molecular flexibility index (Phi) is 5.89. The van der Waals surface area contributed by atoms with Crippen LogP contribution in [-0.4, -0.2) is 51.4 Å². The number of fused-ring (bicyclic) bond motifs is 1. The minimum absolute atomic E-state index is 0.0325. The monoisotopic (exact) mass is 497 g/mol. The van der Waals surface area contributed by atoms with E-state index >= 15 is 0 Å². The number of ether oxygens (including phenoxy) is 2. The van der Waals surface area contributed by atoms with Gasteiger partial charge in [-0.3, -0.25) is 24.7 Å². The molecule has 5 rings (SSSR count). The molecule has 0 N–H and O–H groups in total. The lowest BCUT2D eigenvalue weighted by Gasteiger charge is -2.52. The molecule has 0 saturated carbocycles. The van der Waals surface area contributed by atoms with E-state index in [-0.39, 0.29) is 29.6 Å². The van der Waals surface area contributed by atoms with Gasteiger partial charge in [-0.25, -0.2) is 9.59 Å². The fraction of sp³-hybridized carbons (Fsp3) is 0.292. The van der Waals surface area contributed by atoms with Gasteiger partial charge in [-0.1, -0.05) is 41.9 Å². The van der Waals surface area contributed by atoms with Crippen molar-refractivity contribution in [3.05, 3.63) is 86.6 Å². The molecule has 10 nitrogen and oxygen atoms in total. The van der Waals surface area contributed by atoms with E-state index in [1.165, 1.54) is 34.1 Å². The fourth-order valence-corrected chi connectivity index (χ4v) is 5.01. The number of β-lactam (4-membered cyclic amide) rings is 1. The highest BCUT2D eigenvalue weighted by atomic mass is 35.5. The number of carbonyl (C=O) groups excluding carboxylic acids is 3. The molecule has 0 aromatic heterocycles. The molecular formula is C24H20ClN3O7. The second-order valence-corrected chi connectivity index (χ2v) is 8.88. The fourth-order valence-electron chi connectivity index (χ4n) is 4.73. The second kappa shape index (κ2) is 9.03. The molecule has 0 bridgehead atoms. The van der Waals surface area contributed by atoms with Crippen LogP contribution < -0.4 is 0 Å². The van der Waals surface area contributed by atoms with Crippen LogP contribution in [0.2, 0.25) is 0 Å². The zero-order valence-corrected chi connectivity index (χ0v) is 19.1. The van der Waals surface area contributed by atoms with Gasteiger partial charge in [-0.2, -0.15) is 0 Å². The molecule has 2 saturated heterocycles. The van der Waals surface area contributed by atoms with E-state index in [0.717, 1.165) is 5.56 Å². The molecule has 2 amide bonds. The summed E-state index contributed by atoms with van der Waals surface area (Å²) in [4.78, 5) is 51.8. The average molecular weight is 498 g/mol. The van der Waals surface area contributed by atoms with E-state index in [0.29, 0.717) is 18.4 Å². The lowest BCUT2D eigenvalue weighted by molar-refractivity contribution is -0.384. The predicted molar refractivity (Wildman–Crippen MR) is 122 cm³/mol. The van der Waals surface area contributed by atoms with Crippen LogP contribution in [0, 0.1) is 10.1 Å². The Balaban J connectivity index is 1.31. The maximum absolute atomic E-state index is 13.3. The van der Waals surface area contributed by atoms with Crippen LogP contribution in [0.3, 0.4) is 0 Å². The van der Waals surface area contributed by atoms with Gasteiger partial charge in [-0.15, -0.1) is 0 Å². The number of nitrogens with zero attached hydrogens (tertiary/aromatic N) is 3. The van der Waals surface area contributed by atoms with E-state index in [9.17, 15) is 24.5 Å². The van der Waals surface area contributed by atoms with Crippen molar-refractivity contribution in [3.63, 3.8) is 0 Å². The van der Waals surface area contributed by atoms with Gasteiger partial charge in [0.15, 0.2) is 0 Å². The lowest BCUT2D eigenvalue weighted by Crippen LogP contribution is -2.71. The van der Waals surface area contributed by atoms with Crippen molar-refractivity contribution in [2.75, 3.05) is 6.61 Å². The first kappa shape index (κ1) is 22.9. The normalized spacial score (nSPS) is 23.5. The topological polar surface area (TPSA) is 119 Å². The number of amides is 2. The van der Waals surface area contributed by atoms with Crippen LogP contribution in [0.25, 0.3) is 0 Å². The van der Waals surface area contributed by atoms with E-state index in [2.05, 4.69) is 0 Å². The quantitative estimate of drug-likeness (QED) is 0.258. The summed E-state index contributed by atoms with van der Waals surface area (Å²) >= 11 is 6.34. The van der Waals surface area contributed by atoms with Crippen molar-refractivity contribution in [2.45, 2.75) is 37.6 Å². The average Bonchev–Trinajstić information content (AvgIpc) is 3.24. The predicted octanol–water partition coefficient (Wildman–Crippen LogP) is 3.66. The number of nitro groups is 1. The maximum Gasteiger partial charge on any atom is 0.411 e. The summed E-state index contributed by atoms with van der Waals surface area (Å²) in [6.07, 6.45) is 0.271. The number of benzene rings is 2. The summed E-state index contributed by atoms with van der Waals surface area (Å²) in [5, 5.41) is 11.0. The second-order valence-electron chi connectivity index (χ2n) is 8.42. The number of carbonyl (C=O) groups is 3. The SMILES string of the molecule is O=C(OCc1ccc([N+](=O)[O-])cc1)C1=C(Cl)CC[C@@H]2[C@H](N3C(=O)OCC3c3ccccc3)C(=O)N12. The van der Waals surface area contributed by atoms with Crippen molar-refractivity contribution in [1.82, 2.24) is 9.80 Å². The minimum atomic E-state index is -0.770. The number of halogens is 1. The summed E-state index contributed by atoms with van der Waals surface area (Å²) in [5.74, 6) is -1.19. The number of hydrogen-bond acceptors (Lipinski definition) is 7. The molecule has 0 spiro atoms. The molecule has 3 heterocycles. The molecule has 11 heteroatoms. The molecule has 2 aromatic rings. The lowest BCUT2D eigenvalue weighted by atomic mass is 9.84. The van der Waals surface area contributed by atoms with Gasteiger partial charge in [0.2, 0.25) is 0 Å². The zero-order chi connectivity index (χ0) is 24.7. The molecular weight excluding hydrogens is 478 g/mol. The van der Waals surface area contributed by atoms with Crippen molar-refractivity contribution in [2.24, 2.45) is 0 Å². The van der Waals surface area contributed by atoms with E-state index in [4.69, 9.17) is 21.1 Å². The molecule has 3 atom stereocenters. The number of rotatable bonds is 6. The Morgan fingerprint density at radius 1 is 1.14 bits per heavy atom. The highest BCUT2D eigenvalue weighted by molar-refractivity contribution is 6.32. The smallest absolute Gasteiger partial charge is 0.411 e. The van der Waals surface area contributed by atoms with Crippen LogP contribution in [-0.2, 0) is 25.7 Å². The summed E-state index contributed by atoms with van der Waals surface area (Å²) in [6, 6.07) is 13.3. The van der Waals surface area contributed by atoms with Crippen molar-refractivity contribution in [3.8, 4) is 0 Å². The Morgan fingerprint density at radius 3 is 2.54 bits per heavy atom. The molecule has 2 fully saturated rings. The molecule has 3 aliphatic rings. The van der Waals surface area contributed by atoms with Crippen molar-refractivity contribution >= 4 is 35.3 Å². The zero-order valence-electron chi connectivity index (χ0n) is 18.3. The van der Waals surface area contributed by atoms with Crippen LogP contribution in [0.5, 0.6) is 0 Å². The number of non-ortho nitro benzene ring substituents is 1. The highest BCUT2D eigenvalue weighted by Crippen LogP contribution is 2.44. The van der Waals surface area contributed by atoms with Gasteiger partial charge in [0.05, 0.1) is 17.0 Å². The number of nitro benzene ring substituents is 1. The van der Waals surface area contributed by atoms with E-state index in [1.807, 2.05) is 30.3 Å². The Bertz CT molecular complexity index is 1230. The van der Waals surface area contributed by atoms with Gasteiger partial charge in [0, 0.05) is 17.2 Å². The van der Waals surface area contributed by atoms with Gasteiger partial charge < -0.3 is 9.47 Å². The first-order valence-corrected chi connectivity index (χ1v) is 11.4. The van der Waals surface area contributed by atoms with Crippen LogP contribution >= 0.6 is 11.6 Å². The highest BCUT2D eigenvalue weighted by Gasteiger charge is 2.59. The summed E-state index contributed by atoms with van der Waals surface area (Å²) < 4.78 is 10.6. The summed E-state index contributed by atoms with van der Waals surface area (Å²) in [5.41, 5.74) is 1.30.